The number of nitrogens with two attached hydrogens (primary N) is 1. The summed E-state index contributed by atoms with van der Waals surface area (Å²) in [5.74, 6) is 1.46. The number of aromatic nitrogens is 3. The predicted octanol–water partition coefficient (Wildman–Crippen LogP) is 3.70. The van der Waals surface area contributed by atoms with E-state index in [2.05, 4.69) is 55.8 Å². The molecule has 20 heavy (non-hydrogen) atoms. The van der Waals surface area contributed by atoms with E-state index in [0.717, 1.165) is 26.9 Å². The van der Waals surface area contributed by atoms with E-state index in [-0.39, 0.29) is 6.04 Å². The first-order valence-corrected chi connectivity index (χ1v) is 8.13. The van der Waals surface area contributed by atoms with Gasteiger partial charge in [-0.05, 0) is 29.7 Å². The van der Waals surface area contributed by atoms with Crippen LogP contribution in [0.15, 0.2) is 33.5 Å². The lowest BCUT2D eigenvalue weighted by atomic mass is 10.0. The molecule has 0 saturated heterocycles. The SMILES string of the molecule is CC(C)Cn1ncnc1CC(N)c1cc(Br)ccc1Br. The summed E-state index contributed by atoms with van der Waals surface area (Å²) < 4.78 is 3.98. The standard InChI is InChI=1S/C14H18Br2N4/c1-9(2)7-20-14(18-8-19-20)6-13(17)11-5-10(15)3-4-12(11)16/h3-5,8-9,13H,6-7,17H2,1-2H3. The zero-order valence-corrected chi connectivity index (χ0v) is 14.7. The Morgan fingerprint density at radius 1 is 1.30 bits per heavy atom. The highest BCUT2D eigenvalue weighted by molar-refractivity contribution is 9.11. The van der Waals surface area contributed by atoms with Crippen molar-refractivity contribution in [1.29, 1.82) is 0 Å². The third-order valence-corrected chi connectivity index (χ3v) is 4.21. The van der Waals surface area contributed by atoms with Crippen LogP contribution in [0.4, 0.5) is 0 Å². The van der Waals surface area contributed by atoms with E-state index in [1.54, 1.807) is 6.33 Å². The third-order valence-electron chi connectivity index (χ3n) is 2.99. The fraction of sp³-hybridized carbons (Fsp3) is 0.429. The number of nitrogens with zero attached hydrogens (tertiary/aromatic N) is 3. The molecule has 1 heterocycles. The molecule has 0 radical (unpaired) electrons. The Labute approximate surface area is 136 Å². The summed E-state index contributed by atoms with van der Waals surface area (Å²) in [6, 6.07) is 5.91. The highest BCUT2D eigenvalue weighted by atomic mass is 79.9. The van der Waals surface area contributed by atoms with Crippen molar-refractivity contribution in [2.24, 2.45) is 11.7 Å². The quantitative estimate of drug-likeness (QED) is 0.830. The first kappa shape index (κ1) is 15.7. The summed E-state index contributed by atoms with van der Waals surface area (Å²) >= 11 is 7.03. The normalized spacial score (nSPS) is 12.9. The summed E-state index contributed by atoms with van der Waals surface area (Å²) in [5, 5.41) is 4.27. The summed E-state index contributed by atoms with van der Waals surface area (Å²) in [4.78, 5) is 4.33. The van der Waals surface area contributed by atoms with E-state index in [1.165, 1.54) is 0 Å². The average Bonchev–Trinajstić information content (AvgIpc) is 2.78. The van der Waals surface area contributed by atoms with E-state index in [4.69, 9.17) is 5.73 Å². The lowest BCUT2D eigenvalue weighted by Crippen LogP contribution is -2.18. The van der Waals surface area contributed by atoms with Gasteiger partial charge in [0.05, 0.1) is 0 Å². The second kappa shape index (κ2) is 6.83. The van der Waals surface area contributed by atoms with Crippen LogP contribution in [0.25, 0.3) is 0 Å². The second-order valence-corrected chi connectivity index (χ2v) is 7.00. The van der Waals surface area contributed by atoms with Gasteiger partial charge in [-0.1, -0.05) is 45.7 Å². The van der Waals surface area contributed by atoms with Crippen LogP contribution in [-0.2, 0) is 13.0 Å². The van der Waals surface area contributed by atoms with Crippen molar-refractivity contribution in [3.63, 3.8) is 0 Å². The molecule has 1 unspecified atom stereocenters. The van der Waals surface area contributed by atoms with Gasteiger partial charge < -0.3 is 5.73 Å². The highest BCUT2D eigenvalue weighted by Gasteiger charge is 2.15. The van der Waals surface area contributed by atoms with Crippen LogP contribution in [0.2, 0.25) is 0 Å². The van der Waals surface area contributed by atoms with Gasteiger partial charge in [0.15, 0.2) is 0 Å². The van der Waals surface area contributed by atoms with E-state index in [9.17, 15) is 0 Å². The molecule has 0 saturated carbocycles. The van der Waals surface area contributed by atoms with Crippen LogP contribution < -0.4 is 5.73 Å². The van der Waals surface area contributed by atoms with Crippen LogP contribution >= 0.6 is 31.9 Å². The van der Waals surface area contributed by atoms with Crippen molar-refractivity contribution in [1.82, 2.24) is 14.8 Å². The van der Waals surface area contributed by atoms with Gasteiger partial charge in [-0.25, -0.2) is 9.67 Å². The highest BCUT2D eigenvalue weighted by Crippen LogP contribution is 2.27. The fourth-order valence-corrected chi connectivity index (χ4v) is 2.97. The van der Waals surface area contributed by atoms with Crippen LogP contribution in [0.1, 0.15) is 31.3 Å². The molecule has 0 bridgehead atoms. The van der Waals surface area contributed by atoms with Gasteiger partial charge in [0.1, 0.15) is 12.2 Å². The third kappa shape index (κ3) is 3.90. The number of rotatable bonds is 5. The summed E-state index contributed by atoms with van der Waals surface area (Å²) in [6.07, 6.45) is 2.27. The molecule has 6 heteroatoms. The molecule has 0 fully saturated rings. The number of hydrogen-bond acceptors (Lipinski definition) is 3. The van der Waals surface area contributed by atoms with Crippen LogP contribution in [-0.4, -0.2) is 14.8 Å². The molecule has 0 aliphatic heterocycles. The second-order valence-electron chi connectivity index (χ2n) is 5.23. The maximum atomic E-state index is 6.32. The molecular weight excluding hydrogens is 384 g/mol. The minimum atomic E-state index is -0.114. The summed E-state index contributed by atoms with van der Waals surface area (Å²) in [6.45, 7) is 5.19. The van der Waals surface area contributed by atoms with E-state index >= 15 is 0 Å². The number of benzene rings is 1. The van der Waals surface area contributed by atoms with Gasteiger partial charge in [-0.3, -0.25) is 0 Å². The Kier molecular flexibility index (Phi) is 5.35. The average molecular weight is 402 g/mol. The Hall–Kier alpha value is -0.720. The molecule has 1 atom stereocenters. The zero-order valence-electron chi connectivity index (χ0n) is 11.6. The van der Waals surface area contributed by atoms with Crippen LogP contribution in [0.5, 0.6) is 0 Å². The van der Waals surface area contributed by atoms with E-state index in [1.807, 2.05) is 22.9 Å². The Balaban J connectivity index is 2.17. The molecule has 1 aromatic heterocycles. The predicted molar refractivity (Wildman–Crippen MR) is 87.3 cm³/mol. The van der Waals surface area contributed by atoms with Crippen molar-refractivity contribution in [2.45, 2.75) is 32.9 Å². The molecule has 0 amide bonds. The smallest absolute Gasteiger partial charge is 0.138 e. The first-order chi connectivity index (χ1) is 9.47. The van der Waals surface area contributed by atoms with Crippen molar-refractivity contribution in [2.75, 3.05) is 0 Å². The molecule has 1 aromatic carbocycles. The van der Waals surface area contributed by atoms with E-state index < -0.39 is 0 Å². The van der Waals surface area contributed by atoms with Crippen molar-refractivity contribution >= 4 is 31.9 Å². The molecule has 0 aliphatic carbocycles. The molecule has 0 aliphatic rings. The summed E-state index contributed by atoms with van der Waals surface area (Å²) in [5.41, 5.74) is 7.39. The zero-order chi connectivity index (χ0) is 14.7. The number of hydrogen-bond donors (Lipinski definition) is 1. The van der Waals surface area contributed by atoms with Gasteiger partial charge >= 0.3 is 0 Å². The van der Waals surface area contributed by atoms with Gasteiger partial charge in [-0.2, -0.15) is 5.10 Å². The first-order valence-electron chi connectivity index (χ1n) is 6.54. The Morgan fingerprint density at radius 2 is 2.05 bits per heavy atom. The monoisotopic (exact) mass is 400 g/mol. The topological polar surface area (TPSA) is 56.7 Å². The molecule has 108 valence electrons. The molecule has 4 nitrogen and oxygen atoms in total. The van der Waals surface area contributed by atoms with Crippen LogP contribution in [0, 0.1) is 5.92 Å². The van der Waals surface area contributed by atoms with E-state index in [0.29, 0.717) is 12.3 Å². The molecule has 2 aromatic rings. The van der Waals surface area contributed by atoms with Crippen molar-refractivity contribution < 1.29 is 0 Å². The Bertz CT molecular complexity index is 580. The maximum Gasteiger partial charge on any atom is 0.138 e. The van der Waals surface area contributed by atoms with Gasteiger partial charge in [0.2, 0.25) is 0 Å². The summed E-state index contributed by atoms with van der Waals surface area (Å²) in [7, 11) is 0. The number of halogens is 2. The minimum absolute atomic E-state index is 0.114. The fourth-order valence-electron chi connectivity index (χ4n) is 2.05. The van der Waals surface area contributed by atoms with Crippen molar-refractivity contribution in [3.05, 3.63) is 44.9 Å². The van der Waals surface area contributed by atoms with Gasteiger partial charge in [0.25, 0.3) is 0 Å². The minimum Gasteiger partial charge on any atom is -0.324 e. The maximum absolute atomic E-state index is 6.32. The molecule has 2 rings (SSSR count). The van der Waals surface area contributed by atoms with Crippen molar-refractivity contribution in [3.8, 4) is 0 Å². The van der Waals surface area contributed by atoms with Crippen LogP contribution in [0.3, 0.4) is 0 Å². The largest absolute Gasteiger partial charge is 0.324 e. The molecule has 0 spiro atoms. The van der Waals surface area contributed by atoms with Gasteiger partial charge in [0, 0.05) is 28.0 Å². The lowest BCUT2D eigenvalue weighted by Gasteiger charge is -2.15. The lowest BCUT2D eigenvalue weighted by molar-refractivity contribution is 0.459. The molecule has 2 N–H and O–H groups in total. The Morgan fingerprint density at radius 3 is 2.75 bits per heavy atom. The molecular formula is C14H18Br2N4. The van der Waals surface area contributed by atoms with Gasteiger partial charge in [-0.15, -0.1) is 0 Å².